The summed E-state index contributed by atoms with van der Waals surface area (Å²) >= 11 is 0.981. The second-order valence-electron chi connectivity index (χ2n) is 9.68. The maximum absolute atomic E-state index is 13.6. The molecule has 38 heavy (non-hydrogen) atoms. The van der Waals surface area contributed by atoms with Crippen LogP contribution in [-0.4, -0.2) is 70.1 Å². The van der Waals surface area contributed by atoms with E-state index in [1.807, 2.05) is 30.3 Å². The van der Waals surface area contributed by atoms with E-state index in [0.29, 0.717) is 11.4 Å². The lowest BCUT2D eigenvalue weighted by molar-refractivity contribution is -0.120. The minimum atomic E-state index is -3.87. The molecule has 1 fully saturated rings. The standard InChI is InChI=1S/C25H36N3O8PS/c1-17-14-28(18(2)27-23(17)31)22-12-20(30)21(36-22)15-35-37(33,26-13-19-8-6-5-7-9-19)34-10-11-38-24(32)25(3,4)16-29/h5-9,14,20-22,29-30H,2,10-13,15-16H2,1,3-4H3,(H,26,33)(H,27,31)/t20?,21-,22-,37?/m0/s1. The van der Waals surface area contributed by atoms with Gasteiger partial charge < -0.3 is 25.2 Å². The Balaban J connectivity index is 1.60. The highest BCUT2D eigenvalue weighted by Crippen LogP contribution is 2.45. The molecule has 0 radical (unpaired) electrons. The Labute approximate surface area is 227 Å². The van der Waals surface area contributed by atoms with Crippen LogP contribution < -0.4 is 10.4 Å². The van der Waals surface area contributed by atoms with Crippen molar-refractivity contribution in [2.45, 2.75) is 52.2 Å². The van der Waals surface area contributed by atoms with Crippen LogP contribution in [0.15, 0.2) is 54.5 Å². The highest BCUT2D eigenvalue weighted by molar-refractivity contribution is 8.13. The number of rotatable bonds is 13. The van der Waals surface area contributed by atoms with E-state index < -0.39 is 31.6 Å². The minimum absolute atomic E-state index is 0.0505. The number of aliphatic hydroxyl groups excluding tert-OH is 2. The average molecular weight is 570 g/mol. The predicted octanol–water partition coefficient (Wildman–Crippen LogP) is 2.48. The predicted molar refractivity (Wildman–Crippen MR) is 143 cm³/mol. The van der Waals surface area contributed by atoms with Gasteiger partial charge in [-0.25, -0.2) is 9.65 Å². The van der Waals surface area contributed by atoms with E-state index in [-0.39, 0.29) is 49.6 Å². The Kier molecular flexibility index (Phi) is 10.7. The van der Waals surface area contributed by atoms with E-state index in [2.05, 4.69) is 17.0 Å². The van der Waals surface area contributed by atoms with Gasteiger partial charge in [0.25, 0.3) is 5.91 Å². The van der Waals surface area contributed by atoms with Crippen molar-refractivity contribution >= 4 is 30.5 Å². The van der Waals surface area contributed by atoms with Crippen molar-refractivity contribution in [2.75, 3.05) is 25.6 Å². The molecule has 4 atom stereocenters. The summed E-state index contributed by atoms with van der Waals surface area (Å²) in [5, 5.41) is 25.2. The number of hydrogen-bond acceptors (Lipinski definition) is 10. The zero-order chi connectivity index (χ0) is 27.9. The third-order valence-corrected chi connectivity index (χ3v) is 8.77. The number of hydrogen-bond donors (Lipinski definition) is 4. The van der Waals surface area contributed by atoms with Crippen molar-refractivity contribution in [3.05, 3.63) is 60.1 Å². The fraction of sp³-hybridized carbons (Fsp3) is 0.520. The Morgan fingerprint density at radius 1 is 1.34 bits per heavy atom. The number of aliphatic hydroxyl groups is 2. The van der Waals surface area contributed by atoms with Crippen molar-refractivity contribution < 1.29 is 38.2 Å². The molecule has 0 aromatic heterocycles. The van der Waals surface area contributed by atoms with Gasteiger partial charge in [0, 0.05) is 30.5 Å². The molecule has 3 rings (SSSR count). The summed E-state index contributed by atoms with van der Waals surface area (Å²) in [6, 6.07) is 9.29. The maximum Gasteiger partial charge on any atom is 0.405 e. The Bertz CT molecular complexity index is 1080. The zero-order valence-corrected chi connectivity index (χ0v) is 23.5. The monoisotopic (exact) mass is 569 g/mol. The van der Waals surface area contributed by atoms with E-state index in [1.54, 1.807) is 31.9 Å². The van der Waals surface area contributed by atoms with Gasteiger partial charge in [-0.3, -0.25) is 18.6 Å². The summed E-state index contributed by atoms with van der Waals surface area (Å²) in [4.78, 5) is 25.7. The number of nitrogens with one attached hydrogen (secondary N) is 2. The number of amides is 1. The molecule has 210 valence electrons. The first kappa shape index (κ1) is 30.5. The number of ether oxygens (including phenoxy) is 1. The van der Waals surface area contributed by atoms with Gasteiger partial charge in [0.2, 0.25) is 0 Å². The maximum atomic E-state index is 13.6. The van der Waals surface area contributed by atoms with Gasteiger partial charge in [-0.1, -0.05) is 48.7 Å². The first-order chi connectivity index (χ1) is 17.9. The fourth-order valence-electron chi connectivity index (χ4n) is 3.57. The second-order valence-corrected chi connectivity index (χ2v) is 12.6. The van der Waals surface area contributed by atoms with Crippen LogP contribution in [-0.2, 0) is 34.5 Å². The molecule has 2 aliphatic heterocycles. The molecule has 0 bridgehead atoms. The molecule has 1 aromatic rings. The fourth-order valence-corrected chi connectivity index (χ4v) is 5.81. The van der Waals surface area contributed by atoms with Gasteiger partial charge in [-0.15, -0.1) is 0 Å². The lowest BCUT2D eigenvalue weighted by Crippen LogP contribution is -2.42. The van der Waals surface area contributed by atoms with Gasteiger partial charge in [0.15, 0.2) is 5.12 Å². The van der Waals surface area contributed by atoms with Gasteiger partial charge in [0.1, 0.15) is 18.2 Å². The molecule has 2 aliphatic rings. The summed E-state index contributed by atoms with van der Waals surface area (Å²) in [5.74, 6) is 0.281. The van der Waals surface area contributed by atoms with E-state index in [0.717, 1.165) is 17.3 Å². The van der Waals surface area contributed by atoms with E-state index in [9.17, 15) is 24.4 Å². The van der Waals surface area contributed by atoms with Crippen molar-refractivity contribution in [1.29, 1.82) is 0 Å². The third-order valence-electron chi connectivity index (χ3n) is 6.03. The first-order valence-corrected chi connectivity index (χ1v) is 14.7. The molecule has 1 saturated heterocycles. The molecule has 1 aromatic carbocycles. The van der Waals surface area contributed by atoms with Gasteiger partial charge in [0.05, 0.1) is 31.3 Å². The van der Waals surface area contributed by atoms with Crippen molar-refractivity contribution in [3.8, 4) is 0 Å². The summed E-state index contributed by atoms with van der Waals surface area (Å²) in [5.41, 5.74) is 0.440. The van der Waals surface area contributed by atoms with Crippen molar-refractivity contribution in [1.82, 2.24) is 15.3 Å². The number of carbonyl (C=O) groups is 2. The summed E-state index contributed by atoms with van der Waals surface area (Å²) < 4.78 is 30.8. The van der Waals surface area contributed by atoms with Crippen LogP contribution in [0.1, 0.15) is 32.8 Å². The van der Waals surface area contributed by atoms with Gasteiger partial charge >= 0.3 is 7.75 Å². The molecule has 1 amide bonds. The topological polar surface area (TPSA) is 147 Å². The molecule has 2 heterocycles. The molecule has 0 spiro atoms. The minimum Gasteiger partial charge on any atom is -0.395 e. The van der Waals surface area contributed by atoms with Crippen LogP contribution >= 0.6 is 19.5 Å². The SMILES string of the molecule is C=C1NC(=O)C(C)=CN1[C@@H]1CC(O)[C@H](COP(=O)(NCc2ccccc2)OCCSC(=O)C(C)(C)CO)O1. The first-order valence-electron chi connectivity index (χ1n) is 12.2. The van der Waals surface area contributed by atoms with Gasteiger partial charge in [-0.05, 0) is 26.3 Å². The van der Waals surface area contributed by atoms with Crippen LogP contribution in [0.5, 0.6) is 0 Å². The van der Waals surface area contributed by atoms with Crippen molar-refractivity contribution in [2.24, 2.45) is 5.41 Å². The van der Waals surface area contributed by atoms with Crippen LogP contribution in [0.3, 0.4) is 0 Å². The largest absolute Gasteiger partial charge is 0.405 e. The van der Waals surface area contributed by atoms with E-state index >= 15 is 0 Å². The third kappa shape index (κ3) is 8.24. The summed E-state index contributed by atoms with van der Waals surface area (Å²) in [6.07, 6.45) is -0.508. The average Bonchev–Trinajstić information content (AvgIpc) is 3.27. The normalized spacial score (nSPS) is 23.7. The Hall–Kier alpha value is -2.02. The molecule has 0 aliphatic carbocycles. The van der Waals surface area contributed by atoms with Crippen molar-refractivity contribution in [3.63, 3.8) is 0 Å². The van der Waals surface area contributed by atoms with E-state index in [1.165, 1.54) is 0 Å². The number of thioether (sulfide) groups is 1. The number of nitrogens with zero attached hydrogens (tertiary/aromatic N) is 1. The highest BCUT2D eigenvalue weighted by atomic mass is 32.2. The van der Waals surface area contributed by atoms with Crippen LogP contribution in [0.4, 0.5) is 0 Å². The lowest BCUT2D eigenvalue weighted by Gasteiger charge is -2.32. The molecule has 0 saturated carbocycles. The Morgan fingerprint density at radius 2 is 2.05 bits per heavy atom. The lowest BCUT2D eigenvalue weighted by atomic mass is 9.97. The van der Waals surface area contributed by atoms with Crippen LogP contribution in [0, 0.1) is 5.41 Å². The summed E-state index contributed by atoms with van der Waals surface area (Å²) in [6.45, 7) is 8.42. The quantitative estimate of drug-likeness (QED) is 0.205. The number of benzene rings is 1. The molecule has 4 N–H and O–H groups in total. The smallest absolute Gasteiger partial charge is 0.395 e. The van der Waals surface area contributed by atoms with Crippen LogP contribution in [0.2, 0.25) is 0 Å². The number of carbonyl (C=O) groups excluding carboxylic acids is 2. The highest BCUT2D eigenvalue weighted by Gasteiger charge is 2.40. The molecule has 2 unspecified atom stereocenters. The summed E-state index contributed by atoms with van der Waals surface area (Å²) in [7, 11) is -3.87. The molecule has 11 nitrogen and oxygen atoms in total. The molecular formula is C25H36N3O8PS. The zero-order valence-electron chi connectivity index (χ0n) is 21.8. The molecule has 13 heteroatoms. The van der Waals surface area contributed by atoms with Gasteiger partial charge in [-0.2, -0.15) is 0 Å². The van der Waals surface area contributed by atoms with E-state index in [4.69, 9.17) is 13.8 Å². The molecular weight excluding hydrogens is 533 g/mol. The second kappa shape index (κ2) is 13.4. The Morgan fingerprint density at radius 3 is 2.74 bits per heavy atom. The van der Waals surface area contributed by atoms with Crippen LogP contribution in [0.25, 0.3) is 0 Å².